The molecule has 0 bridgehead atoms. The Hall–Kier alpha value is 0.870. The molecule has 6 heteroatoms. The van der Waals surface area contributed by atoms with Gasteiger partial charge >= 0.3 is 29.6 Å². The second-order valence-corrected chi connectivity index (χ2v) is 9.82. The molecule has 2 unspecified atom stereocenters. The standard InChI is InChI=1S/C22H46O4S.Na/c1-3-5-6-7-8-9-10-11-12-13-14-18-21(23)19-15-16-20-22(17-4-2)27(24,25)26;/h21-23H,3-20H2,1-2H3,(H,24,25,26);/q;+1/p-1. The number of rotatable bonds is 20. The summed E-state index contributed by atoms with van der Waals surface area (Å²) >= 11 is 0. The first-order valence-electron chi connectivity index (χ1n) is 11.5. The molecular formula is C22H45NaO4S. The van der Waals surface area contributed by atoms with E-state index in [9.17, 15) is 18.1 Å². The van der Waals surface area contributed by atoms with Gasteiger partial charge in [0.1, 0.15) is 0 Å². The van der Waals surface area contributed by atoms with Crippen molar-refractivity contribution in [3.63, 3.8) is 0 Å². The summed E-state index contributed by atoms with van der Waals surface area (Å²) in [5.74, 6) is 0. The summed E-state index contributed by atoms with van der Waals surface area (Å²) in [4.78, 5) is 0. The topological polar surface area (TPSA) is 77.4 Å². The van der Waals surface area contributed by atoms with Crippen molar-refractivity contribution in [3.05, 3.63) is 0 Å². The van der Waals surface area contributed by atoms with Crippen LogP contribution in [0.25, 0.3) is 0 Å². The van der Waals surface area contributed by atoms with E-state index in [1.807, 2.05) is 6.92 Å². The zero-order valence-corrected chi connectivity index (χ0v) is 21.8. The van der Waals surface area contributed by atoms with E-state index >= 15 is 0 Å². The Morgan fingerprint density at radius 3 is 1.46 bits per heavy atom. The third kappa shape index (κ3) is 20.2. The Morgan fingerprint density at radius 2 is 1.04 bits per heavy atom. The summed E-state index contributed by atoms with van der Waals surface area (Å²) < 4.78 is 33.5. The van der Waals surface area contributed by atoms with Crippen LogP contribution in [0.2, 0.25) is 0 Å². The molecule has 2 atom stereocenters. The van der Waals surface area contributed by atoms with Crippen molar-refractivity contribution in [2.45, 2.75) is 141 Å². The van der Waals surface area contributed by atoms with Crippen LogP contribution in [0.15, 0.2) is 0 Å². The number of aliphatic hydroxyl groups is 1. The molecule has 28 heavy (non-hydrogen) atoms. The Bertz CT molecular complexity index is 415. The number of unbranched alkanes of at least 4 members (excludes halogenated alkanes) is 11. The maximum Gasteiger partial charge on any atom is 1.00 e. The summed E-state index contributed by atoms with van der Waals surface area (Å²) in [5, 5.41) is 9.30. The van der Waals surface area contributed by atoms with Crippen LogP contribution in [0.1, 0.15) is 129 Å². The second kappa shape index (κ2) is 21.1. The smallest absolute Gasteiger partial charge is 0.748 e. The zero-order chi connectivity index (χ0) is 20.4. The SMILES string of the molecule is CCCCCCCCCCCCCC(O)CCCCC(CCC)S(=O)(=O)[O-].[Na+]. The molecule has 0 aromatic heterocycles. The average Bonchev–Trinajstić information content (AvgIpc) is 2.61. The van der Waals surface area contributed by atoms with Gasteiger partial charge in [-0.15, -0.1) is 0 Å². The predicted molar refractivity (Wildman–Crippen MR) is 114 cm³/mol. The van der Waals surface area contributed by atoms with Crippen LogP contribution in [0, 0.1) is 0 Å². The summed E-state index contributed by atoms with van der Waals surface area (Å²) in [5.41, 5.74) is 0. The fraction of sp³-hybridized carbons (Fsp3) is 1.00. The molecular weight excluding hydrogens is 383 g/mol. The summed E-state index contributed by atoms with van der Waals surface area (Å²) in [7, 11) is -4.17. The molecule has 0 radical (unpaired) electrons. The van der Waals surface area contributed by atoms with E-state index < -0.39 is 15.4 Å². The summed E-state index contributed by atoms with van der Waals surface area (Å²) in [6, 6.07) is 0. The second-order valence-electron chi connectivity index (χ2n) is 8.17. The molecule has 4 nitrogen and oxygen atoms in total. The summed E-state index contributed by atoms with van der Waals surface area (Å²) in [6.45, 7) is 4.15. The van der Waals surface area contributed by atoms with Gasteiger partial charge < -0.3 is 9.66 Å². The van der Waals surface area contributed by atoms with Crippen LogP contribution in [0.5, 0.6) is 0 Å². The van der Waals surface area contributed by atoms with Crippen LogP contribution < -0.4 is 29.6 Å². The maximum atomic E-state index is 11.2. The number of aliphatic hydroxyl groups excluding tert-OH is 1. The van der Waals surface area contributed by atoms with Crippen molar-refractivity contribution < 1.29 is 47.6 Å². The fourth-order valence-electron chi connectivity index (χ4n) is 3.70. The fourth-order valence-corrected chi connectivity index (χ4v) is 4.68. The van der Waals surface area contributed by atoms with Gasteiger partial charge in [0.05, 0.1) is 16.2 Å². The Labute approximate surface area is 197 Å². The van der Waals surface area contributed by atoms with Gasteiger partial charge in [0.2, 0.25) is 0 Å². The minimum Gasteiger partial charge on any atom is -0.748 e. The van der Waals surface area contributed by atoms with Gasteiger partial charge in [-0.05, 0) is 25.7 Å². The Kier molecular flexibility index (Phi) is 23.4. The van der Waals surface area contributed by atoms with Crippen molar-refractivity contribution in [3.8, 4) is 0 Å². The number of hydrogen-bond donors (Lipinski definition) is 1. The molecule has 0 rings (SSSR count). The third-order valence-corrected chi connectivity index (χ3v) is 6.76. The van der Waals surface area contributed by atoms with Gasteiger partial charge in [-0.25, -0.2) is 8.42 Å². The van der Waals surface area contributed by atoms with Gasteiger partial charge in [0.25, 0.3) is 0 Å². The molecule has 0 fully saturated rings. The average molecular weight is 429 g/mol. The molecule has 0 amide bonds. The Balaban J connectivity index is 0. The molecule has 0 aliphatic rings. The molecule has 0 heterocycles. The van der Waals surface area contributed by atoms with Gasteiger partial charge in [-0.3, -0.25) is 0 Å². The van der Waals surface area contributed by atoms with E-state index in [0.29, 0.717) is 25.7 Å². The van der Waals surface area contributed by atoms with Gasteiger partial charge in [-0.2, -0.15) is 0 Å². The van der Waals surface area contributed by atoms with Crippen LogP contribution in [0.4, 0.5) is 0 Å². The van der Waals surface area contributed by atoms with Gasteiger partial charge in [0, 0.05) is 5.25 Å². The first-order valence-corrected chi connectivity index (χ1v) is 13.0. The minimum atomic E-state index is -4.17. The molecule has 164 valence electrons. The molecule has 0 spiro atoms. The maximum absolute atomic E-state index is 11.2. The summed E-state index contributed by atoms with van der Waals surface area (Å²) in [6.07, 6.45) is 18.8. The van der Waals surface area contributed by atoms with Crippen molar-refractivity contribution in [1.82, 2.24) is 0 Å². The predicted octanol–water partition coefficient (Wildman–Crippen LogP) is 3.33. The quantitative estimate of drug-likeness (QED) is 0.183. The van der Waals surface area contributed by atoms with Gasteiger partial charge in [-0.1, -0.05) is 104 Å². The van der Waals surface area contributed by atoms with E-state index in [2.05, 4.69) is 6.92 Å². The van der Waals surface area contributed by atoms with Crippen molar-refractivity contribution in [1.29, 1.82) is 0 Å². The first kappa shape index (κ1) is 31.1. The van der Waals surface area contributed by atoms with Gasteiger partial charge in [0.15, 0.2) is 0 Å². The minimum absolute atomic E-state index is 0. The Morgan fingerprint density at radius 1 is 0.643 bits per heavy atom. The molecule has 1 N–H and O–H groups in total. The molecule has 0 aromatic rings. The number of hydrogen-bond acceptors (Lipinski definition) is 4. The molecule has 0 saturated heterocycles. The van der Waals surface area contributed by atoms with Crippen molar-refractivity contribution in [2.24, 2.45) is 0 Å². The molecule has 0 aliphatic carbocycles. The monoisotopic (exact) mass is 428 g/mol. The van der Waals surface area contributed by atoms with Crippen LogP contribution in [-0.2, 0) is 10.1 Å². The largest absolute Gasteiger partial charge is 1.00 e. The van der Waals surface area contributed by atoms with E-state index in [-0.39, 0.29) is 35.7 Å². The third-order valence-electron chi connectivity index (χ3n) is 5.47. The van der Waals surface area contributed by atoms with E-state index in [4.69, 9.17) is 0 Å². The molecule has 0 saturated carbocycles. The van der Waals surface area contributed by atoms with Crippen molar-refractivity contribution in [2.75, 3.05) is 0 Å². The normalized spacial score (nSPS) is 13.9. The van der Waals surface area contributed by atoms with E-state index in [1.165, 1.54) is 64.2 Å². The van der Waals surface area contributed by atoms with E-state index in [0.717, 1.165) is 25.7 Å². The van der Waals surface area contributed by atoms with Crippen molar-refractivity contribution >= 4 is 10.1 Å². The molecule has 0 aliphatic heterocycles. The molecule has 0 aromatic carbocycles. The van der Waals surface area contributed by atoms with Crippen LogP contribution in [0.3, 0.4) is 0 Å². The van der Waals surface area contributed by atoms with Crippen LogP contribution >= 0.6 is 0 Å². The zero-order valence-electron chi connectivity index (χ0n) is 19.0. The first-order chi connectivity index (χ1) is 12.9. The van der Waals surface area contributed by atoms with E-state index in [1.54, 1.807) is 0 Å². The van der Waals surface area contributed by atoms with Crippen LogP contribution in [-0.4, -0.2) is 29.4 Å².